The van der Waals surface area contributed by atoms with Gasteiger partial charge in [-0.05, 0) is 23.8 Å². The van der Waals surface area contributed by atoms with Gasteiger partial charge in [0.25, 0.3) is 0 Å². The number of hydrogen-bond donors (Lipinski definition) is 0. The van der Waals surface area contributed by atoms with Crippen molar-refractivity contribution in [2.45, 2.75) is 12.5 Å². The van der Waals surface area contributed by atoms with Gasteiger partial charge in [-0.3, -0.25) is 0 Å². The van der Waals surface area contributed by atoms with Gasteiger partial charge < -0.3 is 14.4 Å². The predicted octanol–water partition coefficient (Wildman–Crippen LogP) is 3.32. The molecule has 0 aromatic heterocycles. The van der Waals surface area contributed by atoms with E-state index < -0.39 is 0 Å². The van der Waals surface area contributed by atoms with E-state index in [0.29, 0.717) is 11.5 Å². The molecule has 2 aromatic rings. The molecule has 0 aliphatic carbocycles. The highest BCUT2D eigenvalue weighted by Crippen LogP contribution is 2.41. The van der Waals surface area contributed by atoms with E-state index in [9.17, 15) is 0 Å². The van der Waals surface area contributed by atoms with Crippen LogP contribution < -0.4 is 9.47 Å². The molecule has 1 aliphatic heterocycles. The highest BCUT2D eigenvalue weighted by Gasteiger charge is 2.30. The summed E-state index contributed by atoms with van der Waals surface area (Å²) < 4.78 is 12.0. The van der Waals surface area contributed by atoms with Crippen LogP contribution in [0, 0.1) is 0 Å². The first-order valence-corrected chi connectivity index (χ1v) is 8.35. The number of hydrazone groups is 1. The summed E-state index contributed by atoms with van der Waals surface area (Å²) in [6.07, 6.45) is 0.735. The molecule has 3 rings (SSSR count). The van der Waals surface area contributed by atoms with Crippen LogP contribution in [0.5, 0.6) is 11.5 Å². The van der Waals surface area contributed by atoms with Gasteiger partial charge in [0.1, 0.15) is 0 Å². The Morgan fingerprint density at radius 2 is 1.92 bits per heavy atom. The zero-order chi connectivity index (χ0) is 17.1. The van der Waals surface area contributed by atoms with Gasteiger partial charge in [0, 0.05) is 24.2 Å². The third-order valence-electron chi connectivity index (χ3n) is 4.06. The zero-order valence-electron chi connectivity index (χ0n) is 13.6. The summed E-state index contributed by atoms with van der Waals surface area (Å²) >= 11 is 3.46. The number of benzene rings is 2. The second-order valence-corrected chi connectivity index (χ2v) is 6.30. The van der Waals surface area contributed by atoms with Crippen LogP contribution in [0.25, 0.3) is 0 Å². The van der Waals surface area contributed by atoms with Crippen LogP contribution in [0.3, 0.4) is 0 Å². The molecule has 0 spiro atoms. The highest BCUT2D eigenvalue weighted by molar-refractivity contribution is 9.10. The highest BCUT2D eigenvalue weighted by atomic mass is 79.9. The smallest absolute Gasteiger partial charge is 0.212 e. The molecule has 3 radical (unpaired) electrons. The van der Waals surface area contributed by atoms with E-state index in [1.807, 2.05) is 42.5 Å². The van der Waals surface area contributed by atoms with Gasteiger partial charge in [-0.2, -0.15) is 5.10 Å². The predicted molar refractivity (Wildman–Crippen MR) is 101 cm³/mol. The number of methoxy groups -OCH3 is 2. The summed E-state index contributed by atoms with van der Waals surface area (Å²) in [6.45, 7) is 0. The van der Waals surface area contributed by atoms with Crippen LogP contribution >= 0.6 is 15.9 Å². The van der Waals surface area contributed by atoms with E-state index in [-0.39, 0.29) is 6.04 Å². The molecule has 4 nitrogen and oxygen atoms in total. The summed E-state index contributed by atoms with van der Waals surface area (Å²) in [5.74, 6) is 1.41. The maximum absolute atomic E-state index is 5.80. The van der Waals surface area contributed by atoms with Gasteiger partial charge in [0.2, 0.25) is 7.31 Å². The molecule has 1 heterocycles. The second-order valence-electron chi connectivity index (χ2n) is 5.39. The van der Waals surface area contributed by atoms with Crippen LogP contribution in [-0.2, 0) is 0 Å². The van der Waals surface area contributed by atoms with Gasteiger partial charge in [-0.15, -0.1) is 0 Å². The number of hydrogen-bond acceptors (Lipinski definition) is 4. The van der Waals surface area contributed by atoms with Crippen molar-refractivity contribution in [3.05, 3.63) is 58.1 Å². The van der Waals surface area contributed by atoms with E-state index in [0.717, 1.165) is 27.7 Å². The lowest BCUT2D eigenvalue weighted by Crippen LogP contribution is -2.24. The average Bonchev–Trinajstić information content (AvgIpc) is 3.05. The minimum Gasteiger partial charge on any atom is -0.493 e. The first-order chi connectivity index (χ1) is 11.7. The van der Waals surface area contributed by atoms with E-state index in [2.05, 4.69) is 21.0 Å². The molecular weight excluding hydrogens is 366 g/mol. The van der Waals surface area contributed by atoms with Crippen molar-refractivity contribution in [3.63, 3.8) is 0 Å². The van der Waals surface area contributed by atoms with Crippen molar-refractivity contribution in [1.82, 2.24) is 4.92 Å². The van der Waals surface area contributed by atoms with Crippen molar-refractivity contribution >= 4 is 36.7 Å². The van der Waals surface area contributed by atoms with Gasteiger partial charge in [-0.1, -0.05) is 40.2 Å². The van der Waals surface area contributed by atoms with Gasteiger partial charge in [0.05, 0.1) is 26.0 Å². The Bertz CT molecular complexity index is 753. The van der Waals surface area contributed by atoms with Crippen molar-refractivity contribution in [1.29, 1.82) is 0 Å². The van der Waals surface area contributed by atoms with Crippen molar-refractivity contribution in [2.24, 2.45) is 5.10 Å². The van der Waals surface area contributed by atoms with Crippen molar-refractivity contribution < 1.29 is 9.47 Å². The third-order valence-corrected chi connectivity index (χ3v) is 4.59. The van der Waals surface area contributed by atoms with Crippen LogP contribution in [0.15, 0.2) is 52.0 Å². The molecular formula is C17H16B2BrN2O2. The summed E-state index contributed by atoms with van der Waals surface area (Å²) in [5.41, 5.74) is 3.06. The second kappa shape index (κ2) is 7.34. The van der Waals surface area contributed by atoms with E-state index in [1.54, 1.807) is 19.1 Å². The zero-order valence-corrected chi connectivity index (χ0v) is 15.2. The molecule has 0 amide bonds. The summed E-state index contributed by atoms with van der Waals surface area (Å²) in [5, 5.41) is 4.65. The largest absolute Gasteiger partial charge is 0.493 e. The van der Waals surface area contributed by atoms with Crippen LogP contribution in [-0.4, -0.2) is 39.9 Å². The molecule has 2 aromatic carbocycles. The van der Waals surface area contributed by atoms with Crippen LogP contribution in [0.2, 0.25) is 0 Å². The fourth-order valence-corrected chi connectivity index (χ4v) is 3.17. The van der Waals surface area contributed by atoms with E-state index in [1.165, 1.54) is 7.31 Å². The quantitative estimate of drug-likeness (QED) is 0.745. The SMILES string of the molecule is [B][B]N1N=C(c2ccc(Br)cc2)CC1c1cccc(OC)c1OC. The number of rotatable bonds is 5. The Morgan fingerprint density at radius 1 is 1.17 bits per heavy atom. The number of halogens is 1. The van der Waals surface area contributed by atoms with Crippen LogP contribution in [0.4, 0.5) is 0 Å². The lowest BCUT2D eigenvalue weighted by atomic mass is 9.65. The van der Waals surface area contributed by atoms with E-state index in [4.69, 9.17) is 17.2 Å². The average molecular weight is 382 g/mol. The molecule has 119 valence electrons. The fraction of sp³-hybridized carbons (Fsp3) is 0.235. The normalized spacial score (nSPS) is 16.7. The standard InChI is InChI=1S/C17H16B2BrN2O2/c1-23-16-5-3-4-13(17(16)24-2)15-10-14(21-22(15)19-18)11-6-8-12(20)9-7-11/h3-9,15H,10H2,1-2H3. The monoisotopic (exact) mass is 381 g/mol. The van der Waals surface area contributed by atoms with Gasteiger partial charge >= 0.3 is 0 Å². The maximum Gasteiger partial charge on any atom is 0.212 e. The minimum absolute atomic E-state index is 0.0290. The molecule has 0 saturated heterocycles. The topological polar surface area (TPSA) is 34.1 Å². The summed E-state index contributed by atoms with van der Waals surface area (Å²) in [4.78, 5) is 1.77. The van der Waals surface area contributed by atoms with Gasteiger partial charge in [-0.25, -0.2) is 0 Å². The Morgan fingerprint density at radius 3 is 2.54 bits per heavy atom. The summed E-state index contributed by atoms with van der Waals surface area (Å²) in [6, 6.07) is 13.9. The lowest BCUT2D eigenvalue weighted by Gasteiger charge is -2.25. The first kappa shape index (κ1) is 17.0. The van der Waals surface area contributed by atoms with Gasteiger partial charge in [0.15, 0.2) is 11.5 Å². The minimum atomic E-state index is -0.0290. The number of nitrogens with zero attached hydrogens (tertiary/aromatic N) is 2. The fourth-order valence-electron chi connectivity index (χ4n) is 2.91. The molecule has 7 heteroatoms. The Hall–Kier alpha value is -1.88. The number of para-hydroxylation sites is 1. The molecule has 0 fully saturated rings. The molecule has 1 aliphatic rings. The van der Waals surface area contributed by atoms with E-state index >= 15 is 0 Å². The summed E-state index contributed by atoms with van der Waals surface area (Å²) in [7, 11) is 10.6. The maximum atomic E-state index is 5.80. The lowest BCUT2D eigenvalue weighted by molar-refractivity contribution is 0.333. The third kappa shape index (κ3) is 3.18. The van der Waals surface area contributed by atoms with Crippen molar-refractivity contribution in [2.75, 3.05) is 14.2 Å². The molecule has 0 N–H and O–H groups in total. The number of ether oxygens (including phenoxy) is 2. The molecule has 24 heavy (non-hydrogen) atoms. The Kier molecular flexibility index (Phi) is 5.19. The molecule has 0 bridgehead atoms. The Balaban J connectivity index is 1.95. The van der Waals surface area contributed by atoms with Crippen molar-refractivity contribution in [3.8, 4) is 11.5 Å². The first-order valence-electron chi connectivity index (χ1n) is 7.55. The molecule has 1 atom stereocenters. The Labute approximate surface area is 152 Å². The molecule has 0 saturated carbocycles. The van der Waals surface area contributed by atoms with Crippen LogP contribution in [0.1, 0.15) is 23.6 Å². The molecule has 1 unspecified atom stereocenters.